The number of amides is 1. The second-order valence-electron chi connectivity index (χ2n) is 9.19. The summed E-state index contributed by atoms with van der Waals surface area (Å²) >= 11 is 1.55. The molecule has 0 saturated heterocycles. The molecule has 8 heteroatoms. The molecule has 2 aromatic carbocycles. The van der Waals surface area contributed by atoms with E-state index in [1.165, 1.54) is 0 Å². The van der Waals surface area contributed by atoms with Gasteiger partial charge >= 0.3 is 0 Å². The van der Waals surface area contributed by atoms with Crippen LogP contribution in [0.2, 0.25) is 0 Å². The minimum Gasteiger partial charge on any atom is -0.491 e. The van der Waals surface area contributed by atoms with Gasteiger partial charge in [-0.2, -0.15) is 4.98 Å². The number of hydrogen-bond donors (Lipinski definition) is 0. The number of para-hydroxylation sites is 1. The maximum atomic E-state index is 13.5. The quantitative estimate of drug-likeness (QED) is 0.342. The van der Waals surface area contributed by atoms with E-state index in [1.807, 2.05) is 69.3 Å². The van der Waals surface area contributed by atoms with Crippen LogP contribution in [0.15, 0.2) is 53.7 Å². The van der Waals surface area contributed by atoms with E-state index >= 15 is 0 Å². The molecule has 0 fully saturated rings. The zero-order valence-corrected chi connectivity index (χ0v) is 21.7. The molecule has 35 heavy (non-hydrogen) atoms. The van der Waals surface area contributed by atoms with Crippen molar-refractivity contribution in [2.24, 2.45) is 5.92 Å². The predicted octanol–water partition coefficient (Wildman–Crippen LogP) is 6.30. The first-order valence-corrected chi connectivity index (χ1v) is 13.1. The molecule has 0 aliphatic carbocycles. The highest BCUT2D eigenvalue weighted by molar-refractivity contribution is 7.99. The van der Waals surface area contributed by atoms with Gasteiger partial charge in [-0.1, -0.05) is 50.7 Å². The number of aromatic nitrogens is 3. The lowest BCUT2D eigenvalue weighted by molar-refractivity contribution is -0.120. The van der Waals surface area contributed by atoms with E-state index in [0.29, 0.717) is 29.1 Å². The Hall–Kier alpha value is -3.13. The summed E-state index contributed by atoms with van der Waals surface area (Å²) < 4.78 is 12.3. The van der Waals surface area contributed by atoms with Gasteiger partial charge in [0.2, 0.25) is 23.2 Å². The Labute approximate surface area is 211 Å². The zero-order chi connectivity index (χ0) is 24.9. The van der Waals surface area contributed by atoms with Gasteiger partial charge in [-0.25, -0.2) is 0 Å². The van der Waals surface area contributed by atoms with Gasteiger partial charge in [0, 0.05) is 23.3 Å². The standard InChI is InChI=1S/C27H32N4O3S/c1-6-9-23(32)31-22-11-8-7-10-21(22)24-25(28-27(30-29-24)35-16-17(2)3)34-26(31)19-12-14-20(15-13-19)33-18(4)5/h7-8,10-15,17-18,26H,6,9,16H2,1-5H3. The molecule has 1 amide bonds. The number of nitrogens with zero attached hydrogens (tertiary/aromatic N) is 4. The smallest absolute Gasteiger partial charge is 0.247 e. The van der Waals surface area contributed by atoms with E-state index in [9.17, 15) is 4.79 Å². The number of fused-ring (bicyclic) bond motifs is 3. The Balaban J connectivity index is 1.82. The highest BCUT2D eigenvalue weighted by Gasteiger charge is 2.35. The van der Waals surface area contributed by atoms with Gasteiger partial charge in [0.1, 0.15) is 5.75 Å². The van der Waals surface area contributed by atoms with E-state index in [1.54, 1.807) is 16.7 Å². The van der Waals surface area contributed by atoms with Gasteiger partial charge in [-0.05, 0) is 56.5 Å². The van der Waals surface area contributed by atoms with Gasteiger partial charge in [0.15, 0.2) is 5.69 Å². The van der Waals surface area contributed by atoms with Crippen molar-refractivity contribution in [3.05, 3.63) is 54.1 Å². The summed E-state index contributed by atoms with van der Waals surface area (Å²) in [6.45, 7) is 10.3. The van der Waals surface area contributed by atoms with Crippen LogP contribution in [0.5, 0.6) is 11.6 Å². The molecule has 7 nitrogen and oxygen atoms in total. The van der Waals surface area contributed by atoms with Crippen molar-refractivity contribution < 1.29 is 14.3 Å². The van der Waals surface area contributed by atoms with Gasteiger partial charge in [-0.15, -0.1) is 10.2 Å². The van der Waals surface area contributed by atoms with Crippen LogP contribution in [0, 0.1) is 5.92 Å². The molecule has 0 bridgehead atoms. The summed E-state index contributed by atoms with van der Waals surface area (Å²) in [5, 5.41) is 9.40. The summed E-state index contributed by atoms with van der Waals surface area (Å²) in [7, 11) is 0. The van der Waals surface area contributed by atoms with Crippen LogP contribution < -0.4 is 14.4 Å². The third kappa shape index (κ3) is 5.75. The molecular formula is C27H32N4O3S. The molecule has 1 aromatic heterocycles. The summed E-state index contributed by atoms with van der Waals surface area (Å²) in [5.74, 6) is 2.48. The third-order valence-corrected chi connectivity index (χ3v) is 6.59. The summed E-state index contributed by atoms with van der Waals surface area (Å²) in [6, 6.07) is 15.4. The highest BCUT2D eigenvalue weighted by Crippen LogP contribution is 2.43. The molecule has 1 unspecified atom stereocenters. The van der Waals surface area contributed by atoms with Gasteiger partial charge in [0.25, 0.3) is 0 Å². The molecule has 0 saturated carbocycles. The number of hydrogen-bond acceptors (Lipinski definition) is 7. The largest absolute Gasteiger partial charge is 0.491 e. The van der Waals surface area contributed by atoms with E-state index in [4.69, 9.17) is 14.5 Å². The van der Waals surface area contributed by atoms with Gasteiger partial charge in [-0.3, -0.25) is 9.69 Å². The summed E-state index contributed by atoms with van der Waals surface area (Å²) in [6.07, 6.45) is 0.491. The zero-order valence-electron chi connectivity index (χ0n) is 20.9. The average Bonchev–Trinajstić information content (AvgIpc) is 2.97. The van der Waals surface area contributed by atoms with Crippen molar-refractivity contribution in [1.29, 1.82) is 0 Å². The number of ether oxygens (including phenoxy) is 2. The van der Waals surface area contributed by atoms with Crippen LogP contribution in [0.4, 0.5) is 5.69 Å². The first kappa shape index (κ1) is 25.0. The predicted molar refractivity (Wildman–Crippen MR) is 139 cm³/mol. The first-order chi connectivity index (χ1) is 16.9. The maximum Gasteiger partial charge on any atom is 0.247 e. The van der Waals surface area contributed by atoms with Crippen LogP contribution in [-0.2, 0) is 4.79 Å². The Kier molecular flexibility index (Phi) is 7.90. The molecule has 2 heterocycles. The molecule has 0 N–H and O–H groups in total. The molecule has 1 aliphatic heterocycles. The van der Waals surface area contributed by atoms with E-state index in [2.05, 4.69) is 24.0 Å². The maximum absolute atomic E-state index is 13.5. The number of rotatable bonds is 8. The number of benzene rings is 2. The number of thioether (sulfide) groups is 1. The van der Waals surface area contributed by atoms with Crippen molar-refractivity contribution in [2.75, 3.05) is 10.7 Å². The molecule has 0 spiro atoms. The molecule has 1 atom stereocenters. The Morgan fingerprint density at radius 1 is 1.09 bits per heavy atom. The van der Waals surface area contributed by atoms with E-state index in [0.717, 1.165) is 34.7 Å². The van der Waals surface area contributed by atoms with Crippen LogP contribution in [0.25, 0.3) is 11.3 Å². The fourth-order valence-corrected chi connectivity index (χ4v) is 4.55. The molecule has 0 radical (unpaired) electrons. The lowest BCUT2D eigenvalue weighted by Crippen LogP contribution is -2.37. The Morgan fingerprint density at radius 2 is 1.83 bits per heavy atom. The molecule has 4 rings (SSSR count). The van der Waals surface area contributed by atoms with Crippen LogP contribution >= 0.6 is 11.8 Å². The minimum atomic E-state index is -0.704. The number of carbonyl (C=O) groups excluding carboxylic acids is 1. The van der Waals surface area contributed by atoms with Crippen molar-refractivity contribution in [3.8, 4) is 22.9 Å². The van der Waals surface area contributed by atoms with Crippen molar-refractivity contribution in [1.82, 2.24) is 15.2 Å². The lowest BCUT2D eigenvalue weighted by Gasteiger charge is -2.31. The minimum absolute atomic E-state index is 0.0253. The molecule has 184 valence electrons. The molecule has 3 aromatic rings. The monoisotopic (exact) mass is 492 g/mol. The first-order valence-electron chi connectivity index (χ1n) is 12.1. The number of anilines is 1. The second-order valence-corrected chi connectivity index (χ2v) is 10.2. The SMILES string of the molecule is CCCC(=O)N1c2ccccc2-c2nnc(SCC(C)C)nc2OC1c1ccc(OC(C)C)cc1. The van der Waals surface area contributed by atoms with E-state index < -0.39 is 6.23 Å². The van der Waals surface area contributed by atoms with Crippen molar-refractivity contribution >= 4 is 23.4 Å². The van der Waals surface area contributed by atoms with E-state index in [-0.39, 0.29) is 12.0 Å². The van der Waals surface area contributed by atoms with Crippen molar-refractivity contribution in [3.63, 3.8) is 0 Å². The Bertz CT molecular complexity index is 1170. The third-order valence-electron chi connectivity index (χ3n) is 5.33. The fourth-order valence-electron chi connectivity index (χ4n) is 3.82. The average molecular weight is 493 g/mol. The van der Waals surface area contributed by atoms with Crippen LogP contribution in [0.1, 0.15) is 59.3 Å². The molecule has 1 aliphatic rings. The molecular weight excluding hydrogens is 460 g/mol. The number of carbonyl (C=O) groups is 1. The normalized spacial score (nSPS) is 14.8. The lowest BCUT2D eigenvalue weighted by atomic mass is 10.1. The Morgan fingerprint density at radius 3 is 2.51 bits per heavy atom. The summed E-state index contributed by atoms with van der Waals surface area (Å²) in [5.41, 5.74) is 2.86. The fraction of sp³-hybridized carbons (Fsp3) is 0.407. The van der Waals surface area contributed by atoms with Crippen molar-refractivity contribution in [2.45, 2.75) is 64.9 Å². The highest BCUT2D eigenvalue weighted by atomic mass is 32.2. The van der Waals surface area contributed by atoms with Gasteiger partial charge < -0.3 is 9.47 Å². The summed E-state index contributed by atoms with van der Waals surface area (Å²) in [4.78, 5) is 19.9. The van der Waals surface area contributed by atoms with Crippen LogP contribution in [-0.4, -0.2) is 32.9 Å². The second kappa shape index (κ2) is 11.1. The van der Waals surface area contributed by atoms with Gasteiger partial charge in [0.05, 0.1) is 11.8 Å². The van der Waals surface area contributed by atoms with Crippen LogP contribution in [0.3, 0.4) is 0 Å². The topological polar surface area (TPSA) is 77.4 Å².